The molecule has 0 saturated heterocycles. The van der Waals surface area contributed by atoms with E-state index in [1.54, 1.807) is 0 Å². The van der Waals surface area contributed by atoms with Crippen LogP contribution < -0.4 is 10.6 Å². The van der Waals surface area contributed by atoms with Crippen molar-refractivity contribution in [2.75, 3.05) is 5.32 Å². The van der Waals surface area contributed by atoms with Gasteiger partial charge in [-0.25, -0.2) is 4.79 Å². The molecule has 4 amide bonds. The van der Waals surface area contributed by atoms with Crippen LogP contribution in [0.3, 0.4) is 0 Å². The van der Waals surface area contributed by atoms with Crippen molar-refractivity contribution >= 4 is 34.4 Å². The molecule has 3 rings (SSSR count). The molecule has 1 atom stereocenters. The molecule has 1 aromatic heterocycles. The first kappa shape index (κ1) is 14.9. The SMILES string of the molecule is Cn1ccc2cc(NC(=O)CCC3N=NC(=O)NC3=O)ccc21. The maximum absolute atomic E-state index is 12.0. The Morgan fingerprint density at radius 3 is 2.96 bits per heavy atom. The molecule has 8 heteroatoms. The van der Waals surface area contributed by atoms with Crippen molar-refractivity contribution < 1.29 is 14.4 Å². The molecule has 0 aliphatic carbocycles. The number of carbonyl (C=O) groups is 3. The lowest BCUT2D eigenvalue weighted by atomic mass is 10.1. The first-order chi connectivity index (χ1) is 11.0. The number of nitrogens with zero attached hydrogens (tertiary/aromatic N) is 3. The van der Waals surface area contributed by atoms with Gasteiger partial charge in [-0.3, -0.25) is 14.9 Å². The van der Waals surface area contributed by atoms with Crippen molar-refractivity contribution in [2.24, 2.45) is 17.3 Å². The highest BCUT2D eigenvalue weighted by atomic mass is 16.2. The topological polar surface area (TPSA) is 105 Å². The van der Waals surface area contributed by atoms with E-state index in [9.17, 15) is 14.4 Å². The number of imide groups is 1. The third kappa shape index (κ3) is 3.25. The molecule has 2 heterocycles. The van der Waals surface area contributed by atoms with Crippen molar-refractivity contribution in [2.45, 2.75) is 18.9 Å². The smallest absolute Gasteiger partial charge is 0.351 e. The summed E-state index contributed by atoms with van der Waals surface area (Å²) in [6.07, 6.45) is 2.25. The number of amides is 4. The van der Waals surface area contributed by atoms with Gasteiger partial charge in [-0.2, -0.15) is 5.11 Å². The Morgan fingerprint density at radius 1 is 1.35 bits per heavy atom. The van der Waals surface area contributed by atoms with Crippen LogP contribution in [-0.2, 0) is 16.6 Å². The number of aromatic nitrogens is 1. The maximum Gasteiger partial charge on any atom is 0.365 e. The van der Waals surface area contributed by atoms with E-state index in [0.29, 0.717) is 5.69 Å². The molecule has 23 heavy (non-hydrogen) atoms. The Bertz CT molecular complexity index is 824. The summed E-state index contributed by atoms with van der Waals surface area (Å²) in [5.74, 6) is -0.747. The van der Waals surface area contributed by atoms with Gasteiger partial charge in [0.15, 0.2) is 6.04 Å². The molecule has 2 aromatic rings. The zero-order valence-corrected chi connectivity index (χ0v) is 12.4. The number of nitrogens with one attached hydrogen (secondary N) is 2. The number of anilines is 1. The van der Waals surface area contributed by atoms with Crippen LogP contribution in [0.25, 0.3) is 10.9 Å². The standard InChI is InChI=1S/C15H15N5O3/c1-20-7-6-9-8-10(2-4-12(9)20)16-13(21)5-3-11-14(22)17-15(23)19-18-11/h2,4,6-8,11H,3,5H2,1H3,(H,16,21)(H,17,22,23). The normalized spacial score (nSPS) is 17.3. The van der Waals surface area contributed by atoms with Crippen LogP contribution in [0.4, 0.5) is 10.5 Å². The quantitative estimate of drug-likeness (QED) is 0.901. The predicted molar refractivity (Wildman–Crippen MR) is 83.0 cm³/mol. The first-order valence-electron chi connectivity index (χ1n) is 7.13. The number of rotatable bonds is 4. The lowest BCUT2D eigenvalue weighted by molar-refractivity contribution is -0.122. The van der Waals surface area contributed by atoms with E-state index in [1.807, 2.05) is 42.1 Å². The number of carbonyl (C=O) groups excluding carboxylic acids is 3. The first-order valence-corrected chi connectivity index (χ1v) is 7.13. The number of hydrogen-bond donors (Lipinski definition) is 2. The molecule has 0 spiro atoms. The summed E-state index contributed by atoms with van der Waals surface area (Å²) in [6.45, 7) is 0. The molecule has 1 aliphatic rings. The monoisotopic (exact) mass is 313 g/mol. The van der Waals surface area contributed by atoms with Gasteiger partial charge in [0.05, 0.1) is 0 Å². The van der Waals surface area contributed by atoms with Crippen LogP contribution in [0.2, 0.25) is 0 Å². The summed E-state index contributed by atoms with van der Waals surface area (Å²) in [5, 5.41) is 12.7. The molecular formula is C15H15N5O3. The molecule has 1 aliphatic heterocycles. The average molecular weight is 313 g/mol. The van der Waals surface area contributed by atoms with Crippen molar-refractivity contribution in [3.8, 4) is 0 Å². The van der Waals surface area contributed by atoms with Crippen LogP contribution in [0, 0.1) is 0 Å². The van der Waals surface area contributed by atoms with Crippen LogP contribution >= 0.6 is 0 Å². The summed E-state index contributed by atoms with van der Waals surface area (Å²) >= 11 is 0. The zero-order chi connectivity index (χ0) is 16.4. The molecule has 0 radical (unpaired) electrons. The highest BCUT2D eigenvalue weighted by molar-refractivity contribution is 5.99. The fraction of sp³-hybridized carbons (Fsp3) is 0.267. The van der Waals surface area contributed by atoms with Crippen LogP contribution in [0.1, 0.15) is 12.8 Å². The largest absolute Gasteiger partial charge is 0.365 e. The maximum atomic E-state index is 12.0. The van der Waals surface area contributed by atoms with Crippen molar-refractivity contribution in [3.05, 3.63) is 30.5 Å². The molecule has 118 valence electrons. The van der Waals surface area contributed by atoms with Gasteiger partial charge in [0.2, 0.25) is 5.91 Å². The van der Waals surface area contributed by atoms with Crippen LogP contribution in [-0.4, -0.2) is 28.5 Å². The minimum Gasteiger partial charge on any atom is -0.351 e. The molecule has 1 aromatic carbocycles. The summed E-state index contributed by atoms with van der Waals surface area (Å²) in [4.78, 5) is 34.3. The van der Waals surface area contributed by atoms with E-state index in [4.69, 9.17) is 0 Å². The van der Waals surface area contributed by atoms with Gasteiger partial charge < -0.3 is 9.88 Å². The Morgan fingerprint density at radius 2 is 2.17 bits per heavy atom. The summed E-state index contributed by atoms with van der Waals surface area (Å²) in [7, 11) is 1.95. The molecule has 8 nitrogen and oxygen atoms in total. The molecule has 0 bridgehead atoms. The molecule has 0 saturated carbocycles. The number of azo groups is 1. The minimum atomic E-state index is -0.796. The highest BCUT2D eigenvalue weighted by Crippen LogP contribution is 2.20. The van der Waals surface area contributed by atoms with Gasteiger partial charge >= 0.3 is 6.03 Å². The number of fused-ring (bicyclic) bond motifs is 1. The molecule has 2 N–H and O–H groups in total. The minimum absolute atomic E-state index is 0.109. The van der Waals surface area contributed by atoms with E-state index in [1.165, 1.54) is 0 Å². The van der Waals surface area contributed by atoms with Crippen molar-refractivity contribution in [1.82, 2.24) is 9.88 Å². The average Bonchev–Trinajstić information content (AvgIpc) is 2.87. The molecular weight excluding hydrogens is 298 g/mol. The molecule has 0 fully saturated rings. The second-order valence-electron chi connectivity index (χ2n) is 5.31. The highest BCUT2D eigenvalue weighted by Gasteiger charge is 2.25. The third-order valence-electron chi connectivity index (χ3n) is 3.63. The van der Waals surface area contributed by atoms with E-state index in [2.05, 4.69) is 20.9 Å². The summed E-state index contributed by atoms with van der Waals surface area (Å²) in [5.41, 5.74) is 1.77. The number of aryl methyl sites for hydroxylation is 1. The number of hydrogen-bond acceptors (Lipinski definition) is 4. The van der Waals surface area contributed by atoms with Crippen molar-refractivity contribution in [1.29, 1.82) is 0 Å². The van der Waals surface area contributed by atoms with E-state index >= 15 is 0 Å². The van der Waals surface area contributed by atoms with Gasteiger partial charge in [0, 0.05) is 36.3 Å². The lowest BCUT2D eigenvalue weighted by Crippen LogP contribution is -2.39. The van der Waals surface area contributed by atoms with E-state index in [-0.39, 0.29) is 18.7 Å². The van der Waals surface area contributed by atoms with Gasteiger partial charge in [0.25, 0.3) is 5.91 Å². The van der Waals surface area contributed by atoms with Gasteiger partial charge in [0.1, 0.15) is 0 Å². The zero-order valence-electron chi connectivity index (χ0n) is 12.4. The summed E-state index contributed by atoms with van der Waals surface area (Å²) < 4.78 is 1.99. The Labute approximate surface area is 131 Å². The fourth-order valence-electron chi connectivity index (χ4n) is 2.43. The second kappa shape index (κ2) is 5.99. The number of urea groups is 1. The summed E-state index contributed by atoms with van der Waals surface area (Å²) in [6, 6.07) is 6.04. The van der Waals surface area contributed by atoms with E-state index < -0.39 is 18.0 Å². The van der Waals surface area contributed by atoms with Crippen LogP contribution in [0.15, 0.2) is 40.7 Å². The Balaban J connectivity index is 1.59. The Kier molecular flexibility index (Phi) is 3.88. The Hall–Kier alpha value is -3.03. The van der Waals surface area contributed by atoms with Gasteiger partial charge in [-0.05, 0) is 30.7 Å². The predicted octanol–water partition coefficient (Wildman–Crippen LogP) is 1.97. The third-order valence-corrected chi connectivity index (χ3v) is 3.63. The number of benzene rings is 1. The van der Waals surface area contributed by atoms with Gasteiger partial charge in [-0.1, -0.05) is 5.11 Å². The van der Waals surface area contributed by atoms with E-state index in [0.717, 1.165) is 10.9 Å². The lowest BCUT2D eigenvalue weighted by Gasteiger charge is -2.13. The fourth-order valence-corrected chi connectivity index (χ4v) is 2.43. The molecule has 1 unspecified atom stereocenters. The second-order valence-corrected chi connectivity index (χ2v) is 5.31. The van der Waals surface area contributed by atoms with Crippen LogP contribution in [0.5, 0.6) is 0 Å². The van der Waals surface area contributed by atoms with Crippen molar-refractivity contribution in [3.63, 3.8) is 0 Å². The van der Waals surface area contributed by atoms with Gasteiger partial charge in [-0.15, -0.1) is 0 Å².